The molecule has 0 heterocycles. The van der Waals surface area contributed by atoms with Gasteiger partial charge < -0.3 is 14.4 Å². The summed E-state index contributed by atoms with van der Waals surface area (Å²) < 4.78 is 11.5. The molecule has 0 aromatic heterocycles. The summed E-state index contributed by atoms with van der Waals surface area (Å²) in [6.07, 6.45) is 0. The van der Waals surface area contributed by atoms with Crippen LogP contribution >= 0.6 is 0 Å². The first-order valence-corrected chi connectivity index (χ1v) is 7.41. The highest BCUT2D eigenvalue weighted by Gasteiger charge is 2.18. The lowest BCUT2D eigenvalue weighted by atomic mass is 9.86. The van der Waals surface area contributed by atoms with Gasteiger partial charge >= 0.3 is 0 Å². The van der Waals surface area contributed by atoms with Gasteiger partial charge in [0.15, 0.2) is 0 Å². The fourth-order valence-electron chi connectivity index (χ4n) is 1.96. The highest BCUT2D eigenvalue weighted by Crippen LogP contribution is 2.31. The average molecular weight is 280 g/mol. The zero-order valence-corrected chi connectivity index (χ0v) is 13.9. The normalized spacial score (nSPS) is 11.9. The first-order chi connectivity index (χ1) is 9.30. The monoisotopic (exact) mass is 280 g/mol. The molecule has 0 spiro atoms. The van der Waals surface area contributed by atoms with Crippen LogP contribution in [0.2, 0.25) is 0 Å². The van der Waals surface area contributed by atoms with Crippen molar-refractivity contribution in [2.45, 2.75) is 33.1 Å². The molecule has 0 aliphatic heterocycles. The van der Waals surface area contributed by atoms with Crippen molar-refractivity contribution < 1.29 is 14.4 Å². The minimum absolute atomic E-state index is 0.0954. The Hall–Kier alpha value is -1.06. The zero-order valence-electron chi connectivity index (χ0n) is 13.9. The molecule has 0 aliphatic rings. The van der Waals surface area contributed by atoms with Crippen molar-refractivity contribution >= 4 is 0 Å². The van der Waals surface area contributed by atoms with Gasteiger partial charge in [-0.3, -0.25) is 0 Å². The van der Waals surface area contributed by atoms with Crippen molar-refractivity contribution in [2.24, 2.45) is 0 Å². The number of quaternary nitrogens is 1. The number of hydrogen-bond donors (Lipinski definition) is 1. The van der Waals surface area contributed by atoms with Gasteiger partial charge in [0.25, 0.3) is 0 Å². The van der Waals surface area contributed by atoms with Crippen LogP contribution < -0.4 is 9.64 Å². The second kappa shape index (κ2) is 7.65. The molecule has 1 aromatic rings. The van der Waals surface area contributed by atoms with E-state index in [1.165, 1.54) is 16.0 Å². The van der Waals surface area contributed by atoms with Crippen molar-refractivity contribution in [3.05, 3.63) is 29.3 Å². The van der Waals surface area contributed by atoms with E-state index in [-0.39, 0.29) is 5.41 Å². The SMILES string of the molecule is Cc1ccc(C(C)(C)C)c(OCCOCC[NH+](C)C)c1. The standard InChI is InChI=1S/C17H29NO2/c1-14-7-8-15(17(2,3)4)16(13-14)20-12-11-19-10-9-18(5)6/h7-8,13H,9-12H2,1-6H3/p+1. The van der Waals surface area contributed by atoms with Crippen molar-refractivity contribution in [2.75, 3.05) is 40.5 Å². The van der Waals surface area contributed by atoms with Crippen LogP contribution in [0.3, 0.4) is 0 Å². The van der Waals surface area contributed by atoms with E-state index in [1.807, 2.05) is 0 Å². The minimum Gasteiger partial charge on any atom is -0.491 e. The van der Waals surface area contributed by atoms with E-state index >= 15 is 0 Å². The van der Waals surface area contributed by atoms with E-state index in [0.29, 0.717) is 13.2 Å². The number of hydrogen-bond acceptors (Lipinski definition) is 2. The van der Waals surface area contributed by atoms with Gasteiger partial charge in [0.1, 0.15) is 18.9 Å². The molecule has 0 amide bonds. The molecule has 0 fully saturated rings. The van der Waals surface area contributed by atoms with Gasteiger partial charge in [0.2, 0.25) is 0 Å². The number of likely N-dealkylation sites (N-methyl/N-ethyl adjacent to an activating group) is 1. The molecule has 0 unspecified atom stereocenters. The molecular formula is C17H30NO2+. The van der Waals surface area contributed by atoms with E-state index in [4.69, 9.17) is 9.47 Å². The number of nitrogens with one attached hydrogen (secondary N) is 1. The van der Waals surface area contributed by atoms with Crippen LogP contribution in [-0.4, -0.2) is 40.5 Å². The van der Waals surface area contributed by atoms with E-state index in [0.717, 1.165) is 18.9 Å². The first kappa shape index (κ1) is 17.0. The quantitative estimate of drug-likeness (QED) is 0.770. The summed E-state index contributed by atoms with van der Waals surface area (Å²) >= 11 is 0. The predicted octanol–water partition coefficient (Wildman–Crippen LogP) is 1.83. The van der Waals surface area contributed by atoms with Crippen LogP contribution in [0.4, 0.5) is 0 Å². The molecule has 1 N–H and O–H groups in total. The summed E-state index contributed by atoms with van der Waals surface area (Å²) in [5.41, 5.74) is 2.57. The molecule has 1 aromatic carbocycles. The van der Waals surface area contributed by atoms with Gasteiger partial charge in [0, 0.05) is 0 Å². The molecule has 0 saturated carbocycles. The summed E-state index contributed by atoms with van der Waals surface area (Å²) in [6.45, 7) is 11.8. The highest BCUT2D eigenvalue weighted by molar-refractivity contribution is 5.41. The van der Waals surface area contributed by atoms with E-state index < -0.39 is 0 Å². The fourth-order valence-corrected chi connectivity index (χ4v) is 1.96. The molecule has 114 valence electrons. The van der Waals surface area contributed by atoms with Crippen LogP contribution in [0.1, 0.15) is 31.9 Å². The van der Waals surface area contributed by atoms with Gasteiger partial charge in [-0.15, -0.1) is 0 Å². The molecular weight excluding hydrogens is 250 g/mol. The van der Waals surface area contributed by atoms with E-state index in [2.05, 4.69) is 60.0 Å². The maximum atomic E-state index is 5.92. The summed E-state index contributed by atoms with van der Waals surface area (Å²) in [4.78, 5) is 1.40. The van der Waals surface area contributed by atoms with Crippen LogP contribution in [0.15, 0.2) is 18.2 Å². The van der Waals surface area contributed by atoms with Crippen molar-refractivity contribution in [1.29, 1.82) is 0 Å². The number of ether oxygens (including phenoxy) is 2. The maximum absolute atomic E-state index is 5.92. The second-order valence-electron chi connectivity index (χ2n) is 6.67. The molecule has 0 aliphatic carbocycles. The molecule has 3 heteroatoms. The van der Waals surface area contributed by atoms with Crippen LogP contribution in [0.5, 0.6) is 5.75 Å². The van der Waals surface area contributed by atoms with Gasteiger partial charge in [-0.25, -0.2) is 0 Å². The summed E-state index contributed by atoms with van der Waals surface area (Å²) in [7, 11) is 4.25. The minimum atomic E-state index is 0.0954. The lowest BCUT2D eigenvalue weighted by molar-refractivity contribution is -0.858. The molecule has 0 saturated heterocycles. The van der Waals surface area contributed by atoms with Gasteiger partial charge in [-0.05, 0) is 29.5 Å². The summed E-state index contributed by atoms with van der Waals surface area (Å²) in [5.74, 6) is 0.985. The Morgan fingerprint density at radius 1 is 1.05 bits per heavy atom. The highest BCUT2D eigenvalue weighted by atomic mass is 16.5. The molecule has 0 bridgehead atoms. The van der Waals surface area contributed by atoms with Crippen LogP contribution in [0, 0.1) is 6.92 Å². The third kappa shape index (κ3) is 5.93. The Balaban J connectivity index is 2.49. The van der Waals surface area contributed by atoms with Crippen LogP contribution in [-0.2, 0) is 10.2 Å². The largest absolute Gasteiger partial charge is 0.491 e. The first-order valence-electron chi connectivity index (χ1n) is 7.41. The Bertz CT molecular complexity index is 408. The third-order valence-electron chi connectivity index (χ3n) is 3.18. The Labute approximate surface area is 123 Å². The third-order valence-corrected chi connectivity index (χ3v) is 3.18. The number of benzene rings is 1. The predicted molar refractivity (Wildman–Crippen MR) is 83.9 cm³/mol. The molecule has 20 heavy (non-hydrogen) atoms. The fraction of sp³-hybridized carbons (Fsp3) is 0.647. The lowest BCUT2D eigenvalue weighted by Crippen LogP contribution is -3.06. The van der Waals surface area contributed by atoms with Crippen molar-refractivity contribution in [3.63, 3.8) is 0 Å². The second-order valence-corrected chi connectivity index (χ2v) is 6.67. The Morgan fingerprint density at radius 3 is 2.35 bits per heavy atom. The Kier molecular flexibility index (Phi) is 6.50. The molecule has 1 rings (SSSR count). The molecule has 3 nitrogen and oxygen atoms in total. The zero-order chi connectivity index (χ0) is 15.2. The molecule has 0 radical (unpaired) electrons. The van der Waals surface area contributed by atoms with Crippen molar-refractivity contribution in [3.8, 4) is 5.75 Å². The average Bonchev–Trinajstić information content (AvgIpc) is 2.31. The van der Waals surface area contributed by atoms with E-state index in [1.54, 1.807) is 0 Å². The maximum Gasteiger partial charge on any atom is 0.123 e. The van der Waals surface area contributed by atoms with Crippen molar-refractivity contribution in [1.82, 2.24) is 0 Å². The number of aryl methyl sites for hydroxylation is 1. The topological polar surface area (TPSA) is 22.9 Å². The summed E-state index contributed by atoms with van der Waals surface area (Å²) in [6, 6.07) is 6.43. The van der Waals surface area contributed by atoms with Gasteiger partial charge in [0.05, 0.1) is 27.3 Å². The van der Waals surface area contributed by atoms with Gasteiger partial charge in [-0.2, -0.15) is 0 Å². The van der Waals surface area contributed by atoms with Crippen LogP contribution in [0.25, 0.3) is 0 Å². The number of rotatable bonds is 7. The van der Waals surface area contributed by atoms with E-state index in [9.17, 15) is 0 Å². The smallest absolute Gasteiger partial charge is 0.123 e. The van der Waals surface area contributed by atoms with Gasteiger partial charge in [-0.1, -0.05) is 32.9 Å². The summed E-state index contributed by atoms with van der Waals surface area (Å²) in [5, 5.41) is 0. The molecule has 0 atom stereocenters. The Morgan fingerprint density at radius 2 is 1.75 bits per heavy atom. The lowest BCUT2D eigenvalue weighted by Gasteiger charge is -2.23.